The van der Waals surface area contributed by atoms with Crippen molar-refractivity contribution in [3.05, 3.63) is 27.8 Å². The van der Waals surface area contributed by atoms with Crippen LogP contribution in [0.4, 0.5) is 0 Å². The molecule has 0 aliphatic heterocycles. The van der Waals surface area contributed by atoms with E-state index in [1.165, 1.54) is 3.57 Å². The maximum absolute atomic E-state index is 5.46. The highest BCUT2D eigenvalue weighted by molar-refractivity contribution is 14.1. The van der Waals surface area contributed by atoms with Crippen LogP contribution in [-0.4, -0.2) is 12.5 Å². The quantitative estimate of drug-likeness (QED) is 0.612. The van der Waals surface area contributed by atoms with Crippen LogP contribution in [0.15, 0.2) is 24.3 Å². The predicted octanol–water partition coefficient (Wildman–Crippen LogP) is 2.91. The Labute approximate surface area is 84.8 Å². The van der Waals surface area contributed by atoms with Gasteiger partial charge in [0.15, 0.2) is 0 Å². The van der Waals surface area contributed by atoms with E-state index >= 15 is 0 Å². The van der Waals surface area contributed by atoms with E-state index in [9.17, 15) is 0 Å². The van der Waals surface area contributed by atoms with Crippen molar-refractivity contribution in [1.82, 2.24) is 0 Å². The summed E-state index contributed by atoms with van der Waals surface area (Å²) < 4.78 is 6.48. The fourth-order valence-corrected chi connectivity index (χ4v) is 1.12. The molecule has 0 spiro atoms. The average molecular weight is 283 g/mol. The molecule has 1 aromatic rings. The molecule has 0 radical (unpaired) electrons. The first-order chi connectivity index (χ1) is 5.33. The average Bonchev–Trinajstić information content (AvgIpc) is 2.04. The molecule has 0 atom stereocenters. The summed E-state index contributed by atoms with van der Waals surface area (Å²) >= 11 is 7.71. The molecule has 0 N–H and O–H groups in total. The highest BCUT2D eigenvalue weighted by Crippen LogP contribution is 2.13. The summed E-state index contributed by atoms with van der Waals surface area (Å²) in [6, 6.07) is 7.89. The maximum Gasteiger partial charge on any atom is 0.119 e. The molecule has 0 fully saturated rings. The predicted molar refractivity (Wildman–Crippen MR) is 55.4 cm³/mol. The van der Waals surface area contributed by atoms with Gasteiger partial charge in [-0.2, -0.15) is 0 Å². The molecule has 1 aromatic carbocycles. The number of halogens is 2. The first kappa shape index (κ1) is 9.13. The Bertz CT molecular complexity index is 210. The Kier molecular flexibility index (Phi) is 4.01. The third-order valence-corrected chi connectivity index (χ3v) is 2.03. The van der Waals surface area contributed by atoms with Gasteiger partial charge < -0.3 is 4.74 Å². The topological polar surface area (TPSA) is 9.23 Å². The number of rotatable bonds is 3. The zero-order valence-electron chi connectivity index (χ0n) is 5.89. The first-order valence-corrected chi connectivity index (χ1v) is 4.88. The van der Waals surface area contributed by atoms with E-state index < -0.39 is 0 Å². The van der Waals surface area contributed by atoms with Crippen LogP contribution in [0.5, 0.6) is 5.75 Å². The Morgan fingerprint density at radius 1 is 1.27 bits per heavy atom. The van der Waals surface area contributed by atoms with Gasteiger partial charge in [0.25, 0.3) is 0 Å². The smallest absolute Gasteiger partial charge is 0.119 e. The van der Waals surface area contributed by atoms with E-state index in [0.717, 1.165) is 5.75 Å². The third kappa shape index (κ3) is 3.29. The number of benzene rings is 1. The Hall–Kier alpha value is 0.0400. The second-order valence-corrected chi connectivity index (χ2v) is 3.61. The summed E-state index contributed by atoms with van der Waals surface area (Å²) in [6.07, 6.45) is 0. The van der Waals surface area contributed by atoms with Crippen molar-refractivity contribution in [2.24, 2.45) is 0 Å². The van der Waals surface area contributed by atoms with Crippen molar-refractivity contribution in [3.8, 4) is 5.75 Å². The first-order valence-electron chi connectivity index (χ1n) is 3.27. The van der Waals surface area contributed by atoms with Crippen LogP contribution in [0.3, 0.4) is 0 Å². The molecule has 3 heteroatoms. The van der Waals surface area contributed by atoms with E-state index in [1.54, 1.807) is 0 Å². The van der Waals surface area contributed by atoms with E-state index in [1.807, 2.05) is 24.3 Å². The minimum absolute atomic E-state index is 0.534. The molecule has 0 aliphatic rings. The van der Waals surface area contributed by atoms with E-state index in [4.69, 9.17) is 16.3 Å². The van der Waals surface area contributed by atoms with Gasteiger partial charge >= 0.3 is 0 Å². The number of ether oxygens (including phenoxy) is 1. The van der Waals surface area contributed by atoms with Crippen LogP contribution in [0.2, 0.25) is 0 Å². The largest absolute Gasteiger partial charge is 0.492 e. The van der Waals surface area contributed by atoms with Gasteiger partial charge in [-0.3, -0.25) is 0 Å². The minimum Gasteiger partial charge on any atom is -0.492 e. The minimum atomic E-state index is 0.534. The summed E-state index contributed by atoms with van der Waals surface area (Å²) in [4.78, 5) is 0. The van der Waals surface area contributed by atoms with E-state index in [2.05, 4.69) is 22.6 Å². The van der Waals surface area contributed by atoms with Gasteiger partial charge in [-0.05, 0) is 46.9 Å². The summed E-state index contributed by atoms with van der Waals surface area (Å²) in [5.41, 5.74) is 0. The SMILES string of the molecule is ClCCOc1ccc(I)cc1. The summed E-state index contributed by atoms with van der Waals surface area (Å²) in [7, 11) is 0. The Morgan fingerprint density at radius 2 is 1.91 bits per heavy atom. The van der Waals surface area contributed by atoms with Crippen molar-refractivity contribution in [1.29, 1.82) is 0 Å². The Balaban J connectivity index is 2.52. The van der Waals surface area contributed by atoms with Gasteiger partial charge in [-0.15, -0.1) is 11.6 Å². The van der Waals surface area contributed by atoms with Crippen LogP contribution < -0.4 is 4.74 Å². The molecule has 0 unspecified atom stereocenters. The molecular weight excluding hydrogens is 274 g/mol. The lowest BCUT2D eigenvalue weighted by Gasteiger charge is -2.02. The highest BCUT2D eigenvalue weighted by atomic mass is 127. The van der Waals surface area contributed by atoms with Crippen molar-refractivity contribution >= 4 is 34.2 Å². The lowest BCUT2D eigenvalue weighted by atomic mass is 10.3. The van der Waals surface area contributed by atoms with Crippen molar-refractivity contribution in [2.75, 3.05) is 12.5 Å². The zero-order valence-corrected chi connectivity index (χ0v) is 8.80. The highest BCUT2D eigenvalue weighted by Gasteiger charge is 1.90. The maximum atomic E-state index is 5.46. The molecule has 1 nitrogen and oxygen atoms in total. The van der Waals surface area contributed by atoms with Crippen molar-refractivity contribution in [2.45, 2.75) is 0 Å². The molecule has 60 valence electrons. The molecule has 0 saturated carbocycles. The van der Waals surface area contributed by atoms with Crippen LogP contribution in [0.25, 0.3) is 0 Å². The second kappa shape index (κ2) is 4.83. The molecule has 0 bridgehead atoms. The van der Waals surface area contributed by atoms with Crippen LogP contribution in [0, 0.1) is 3.57 Å². The molecule has 0 heterocycles. The fourth-order valence-electron chi connectivity index (χ4n) is 0.687. The summed E-state index contributed by atoms with van der Waals surface area (Å²) in [5, 5.41) is 0. The van der Waals surface area contributed by atoms with Crippen LogP contribution in [-0.2, 0) is 0 Å². The Morgan fingerprint density at radius 3 is 2.45 bits per heavy atom. The number of hydrogen-bond acceptors (Lipinski definition) is 1. The lowest BCUT2D eigenvalue weighted by Crippen LogP contribution is -1.97. The van der Waals surface area contributed by atoms with Gasteiger partial charge in [0.05, 0.1) is 5.88 Å². The van der Waals surface area contributed by atoms with Gasteiger partial charge in [0.2, 0.25) is 0 Å². The molecular formula is C8H8ClIO. The van der Waals surface area contributed by atoms with Crippen molar-refractivity contribution < 1.29 is 4.74 Å². The molecule has 0 saturated heterocycles. The van der Waals surface area contributed by atoms with Gasteiger partial charge in [-0.25, -0.2) is 0 Å². The molecule has 11 heavy (non-hydrogen) atoms. The monoisotopic (exact) mass is 282 g/mol. The fraction of sp³-hybridized carbons (Fsp3) is 0.250. The normalized spacial score (nSPS) is 9.64. The third-order valence-electron chi connectivity index (χ3n) is 1.16. The molecule has 1 rings (SSSR count). The van der Waals surface area contributed by atoms with E-state index in [0.29, 0.717) is 12.5 Å². The zero-order chi connectivity index (χ0) is 8.10. The second-order valence-electron chi connectivity index (χ2n) is 1.99. The number of alkyl halides is 1. The van der Waals surface area contributed by atoms with Gasteiger partial charge in [0.1, 0.15) is 12.4 Å². The number of hydrogen-bond donors (Lipinski definition) is 0. The summed E-state index contributed by atoms with van der Waals surface area (Å²) in [5.74, 6) is 1.41. The van der Waals surface area contributed by atoms with E-state index in [-0.39, 0.29) is 0 Å². The molecule has 0 aliphatic carbocycles. The lowest BCUT2D eigenvalue weighted by molar-refractivity contribution is 0.343. The van der Waals surface area contributed by atoms with Gasteiger partial charge in [-0.1, -0.05) is 0 Å². The molecule has 0 amide bonds. The molecule has 0 aromatic heterocycles. The van der Waals surface area contributed by atoms with Crippen molar-refractivity contribution in [3.63, 3.8) is 0 Å². The van der Waals surface area contributed by atoms with Crippen LogP contribution >= 0.6 is 34.2 Å². The van der Waals surface area contributed by atoms with Crippen LogP contribution in [0.1, 0.15) is 0 Å². The summed E-state index contributed by atoms with van der Waals surface area (Å²) in [6.45, 7) is 0.572. The van der Waals surface area contributed by atoms with Gasteiger partial charge in [0, 0.05) is 3.57 Å². The standard InChI is InChI=1S/C8H8ClIO/c9-5-6-11-8-3-1-7(10)2-4-8/h1-4H,5-6H2.